The van der Waals surface area contributed by atoms with Gasteiger partial charge in [0.15, 0.2) is 5.82 Å². The average Bonchev–Trinajstić information content (AvgIpc) is 2.76. The quantitative estimate of drug-likeness (QED) is 0.821. The van der Waals surface area contributed by atoms with E-state index >= 15 is 0 Å². The number of tetrazole rings is 1. The third-order valence-electron chi connectivity index (χ3n) is 5.38. The van der Waals surface area contributed by atoms with Gasteiger partial charge in [-0.25, -0.2) is 0 Å². The summed E-state index contributed by atoms with van der Waals surface area (Å²) in [6.45, 7) is 0.385. The van der Waals surface area contributed by atoms with Gasteiger partial charge < -0.3 is 5.32 Å². The molecule has 1 aromatic rings. The van der Waals surface area contributed by atoms with E-state index in [2.05, 4.69) is 25.9 Å². The summed E-state index contributed by atoms with van der Waals surface area (Å²) in [7, 11) is 0. The van der Waals surface area contributed by atoms with Crippen LogP contribution < -0.4 is 5.32 Å². The first-order valence-corrected chi connectivity index (χ1v) is 6.80. The zero-order valence-electron chi connectivity index (χ0n) is 10.2. The summed E-state index contributed by atoms with van der Waals surface area (Å²) < 4.78 is 0. The Bertz CT molecular complexity index is 467. The lowest BCUT2D eigenvalue weighted by Crippen LogP contribution is -2.34. The molecular weight excluding hydrogens is 230 g/mol. The Kier molecular flexibility index (Phi) is 2.05. The number of nitrogens with zero attached hydrogens (tertiary/aromatic N) is 3. The molecular formula is C12H17N5O. The predicted octanol–water partition coefficient (Wildman–Crippen LogP) is 0.642. The molecule has 0 saturated heterocycles. The topological polar surface area (TPSA) is 83.6 Å². The molecule has 6 nitrogen and oxygen atoms in total. The van der Waals surface area contributed by atoms with Crippen LogP contribution in [-0.4, -0.2) is 26.5 Å². The molecule has 4 rings (SSSR count). The highest BCUT2D eigenvalue weighted by molar-refractivity contribution is 5.79. The van der Waals surface area contributed by atoms with Gasteiger partial charge in [0.05, 0.1) is 6.54 Å². The molecule has 2 bridgehead atoms. The van der Waals surface area contributed by atoms with Crippen LogP contribution in [0.5, 0.6) is 0 Å². The van der Waals surface area contributed by atoms with Gasteiger partial charge in [0.25, 0.3) is 0 Å². The Morgan fingerprint density at radius 1 is 1.44 bits per heavy atom. The standard InChI is InChI=1S/C12H17N5O/c18-11(13-6-10-14-16-17-15-10)8-5-7-1-2-9(8)12(7)3-4-12/h7-9H,1-6H2,(H,13,18)(H,14,15,16,17)/t7-,8+,9+/m0/s1. The zero-order valence-corrected chi connectivity index (χ0v) is 10.2. The Balaban J connectivity index is 1.41. The molecule has 0 aliphatic heterocycles. The molecule has 3 fully saturated rings. The number of carbonyl (C=O) groups excluding carboxylic acids is 1. The van der Waals surface area contributed by atoms with Gasteiger partial charge in [0.1, 0.15) is 0 Å². The first kappa shape index (κ1) is 10.5. The molecule has 96 valence electrons. The van der Waals surface area contributed by atoms with Gasteiger partial charge in [0, 0.05) is 5.92 Å². The maximum absolute atomic E-state index is 12.2. The Morgan fingerprint density at radius 3 is 3.00 bits per heavy atom. The summed E-state index contributed by atoms with van der Waals surface area (Å²) in [5.41, 5.74) is 0.578. The van der Waals surface area contributed by atoms with Gasteiger partial charge in [-0.05, 0) is 49.4 Å². The molecule has 2 N–H and O–H groups in total. The van der Waals surface area contributed by atoms with Crippen molar-refractivity contribution in [2.24, 2.45) is 23.2 Å². The van der Waals surface area contributed by atoms with Gasteiger partial charge in [-0.2, -0.15) is 5.21 Å². The van der Waals surface area contributed by atoms with Crippen LogP contribution in [0.1, 0.15) is 37.9 Å². The summed E-state index contributed by atoms with van der Waals surface area (Å²) in [6.07, 6.45) is 6.42. The van der Waals surface area contributed by atoms with Crippen LogP contribution in [0, 0.1) is 23.2 Å². The minimum Gasteiger partial charge on any atom is -0.348 e. The summed E-state index contributed by atoms with van der Waals surface area (Å²) in [5.74, 6) is 2.44. The van der Waals surface area contributed by atoms with Crippen molar-refractivity contribution >= 4 is 5.91 Å². The van der Waals surface area contributed by atoms with Crippen molar-refractivity contribution in [1.29, 1.82) is 0 Å². The predicted molar refractivity (Wildman–Crippen MR) is 62.0 cm³/mol. The lowest BCUT2D eigenvalue weighted by molar-refractivity contribution is -0.127. The van der Waals surface area contributed by atoms with Crippen molar-refractivity contribution in [3.05, 3.63) is 5.82 Å². The lowest BCUT2D eigenvalue weighted by Gasteiger charge is -2.21. The summed E-state index contributed by atoms with van der Waals surface area (Å²) in [6, 6.07) is 0. The average molecular weight is 247 g/mol. The van der Waals surface area contributed by atoms with E-state index in [1.54, 1.807) is 0 Å². The second-order valence-corrected chi connectivity index (χ2v) is 6.00. The highest BCUT2D eigenvalue weighted by Gasteiger charge is 2.65. The monoisotopic (exact) mass is 247 g/mol. The number of rotatable bonds is 3. The van der Waals surface area contributed by atoms with Crippen molar-refractivity contribution in [2.45, 2.75) is 38.6 Å². The van der Waals surface area contributed by atoms with Crippen LogP contribution in [0.2, 0.25) is 0 Å². The Labute approximate surface area is 105 Å². The zero-order chi connectivity index (χ0) is 12.2. The van der Waals surface area contributed by atoms with E-state index < -0.39 is 0 Å². The first-order valence-electron chi connectivity index (χ1n) is 6.80. The van der Waals surface area contributed by atoms with Gasteiger partial charge in [0.2, 0.25) is 5.91 Å². The van der Waals surface area contributed by atoms with Crippen LogP contribution in [0.15, 0.2) is 0 Å². The minimum atomic E-state index is 0.193. The highest BCUT2D eigenvalue weighted by Crippen LogP contribution is 2.72. The minimum absolute atomic E-state index is 0.193. The van der Waals surface area contributed by atoms with Crippen molar-refractivity contribution in [1.82, 2.24) is 25.9 Å². The normalized spacial score (nSPS) is 35.0. The maximum Gasteiger partial charge on any atom is 0.223 e. The molecule has 0 unspecified atom stereocenters. The first-order chi connectivity index (χ1) is 8.79. The molecule has 3 saturated carbocycles. The van der Waals surface area contributed by atoms with Crippen LogP contribution in [0.3, 0.4) is 0 Å². The highest BCUT2D eigenvalue weighted by atomic mass is 16.1. The molecule has 1 heterocycles. The maximum atomic E-state index is 12.2. The molecule has 3 aliphatic rings. The molecule has 0 radical (unpaired) electrons. The SMILES string of the molecule is O=C(NCc1nn[nH]n1)[C@@H]1C[C@@H]2CC[C@H]1C21CC1. The van der Waals surface area contributed by atoms with E-state index in [1.165, 1.54) is 25.7 Å². The molecule has 1 amide bonds. The van der Waals surface area contributed by atoms with Crippen molar-refractivity contribution in [2.75, 3.05) is 0 Å². The fourth-order valence-electron chi connectivity index (χ4n) is 4.45. The second kappa shape index (κ2) is 3.52. The van der Waals surface area contributed by atoms with Gasteiger partial charge in [-0.3, -0.25) is 4.79 Å². The number of amides is 1. The van der Waals surface area contributed by atoms with E-state index in [0.717, 1.165) is 12.3 Å². The van der Waals surface area contributed by atoms with Crippen molar-refractivity contribution in [3.8, 4) is 0 Å². The Morgan fingerprint density at radius 2 is 2.33 bits per heavy atom. The van der Waals surface area contributed by atoms with E-state index in [0.29, 0.717) is 23.7 Å². The van der Waals surface area contributed by atoms with E-state index in [1.807, 2.05) is 0 Å². The molecule has 3 aliphatic carbocycles. The molecule has 18 heavy (non-hydrogen) atoms. The summed E-state index contributed by atoms with van der Waals surface area (Å²) in [4.78, 5) is 12.2. The Hall–Kier alpha value is -1.46. The summed E-state index contributed by atoms with van der Waals surface area (Å²) in [5, 5.41) is 16.5. The third-order valence-corrected chi connectivity index (χ3v) is 5.38. The third kappa shape index (κ3) is 1.34. The van der Waals surface area contributed by atoms with Gasteiger partial charge in [-0.1, -0.05) is 5.21 Å². The van der Waals surface area contributed by atoms with E-state index in [-0.39, 0.29) is 11.8 Å². The molecule has 3 atom stereocenters. The molecule has 1 spiro atoms. The van der Waals surface area contributed by atoms with Crippen LogP contribution in [-0.2, 0) is 11.3 Å². The van der Waals surface area contributed by atoms with Gasteiger partial charge in [-0.15, -0.1) is 10.2 Å². The number of hydrogen-bond donors (Lipinski definition) is 2. The largest absolute Gasteiger partial charge is 0.348 e. The molecule has 0 aromatic carbocycles. The fourth-order valence-corrected chi connectivity index (χ4v) is 4.45. The number of nitrogens with one attached hydrogen (secondary N) is 2. The number of aromatic nitrogens is 4. The summed E-state index contributed by atoms with van der Waals surface area (Å²) >= 11 is 0. The molecule has 1 aromatic heterocycles. The fraction of sp³-hybridized carbons (Fsp3) is 0.833. The van der Waals surface area contributed by atoms with E-state index in [9.17, 15) is 4.79 Å². The van der Waals surface area contributed by atoms with Crippen LogP contribution in [0.25, 0.3) is 0 Å². The van der Waals surface area contributed by atoms with Crippen molar-refractivity contribution in [3.63, 3.8) is 0 Å². The van der Waals surface area contributed by atoms with E-state index in [4.69, 9.17) is 0 Å². The lowest BCUT2D eigenvalue weighted by atomic mass is 9.86. The van der Waals surface area contributed by atoms with Crippen LogP contribution in [0.4, 0.5) is 0 Å². The van der Waals surface area contributed by atoms with Gasteiger partial charge >= 0.3 is 0 Å². The number of hydrogen-bond acceptors (Lipinski definition) is 4. The molecule has 6 heteroatoms. The van der Waals surface area contributed by atoms with Crippen molar-refractivity contribution < 1.29 is 4.79 Å². The number of H-pyrrole nitrogens is 1. The number of carbonyl (C=O) groups is 1. The smallest absolute Gasteiger partial charge is 0.223 e. The second-order valence-electron chi connectivity index (χ2n) is 6.00. The number of aromatic amines is 1. The van der Waals surface area contributed by atoms with Crippen LogP contribution >= 0.6 is 0 Å².